The Morgan fingerprint density at radius 3 is 2.22 bits per heavy atom. The average molecular weight is 712 g/mol. The SMILES string of the molecule is C=C(CCCC(=O)Nc1ccc2c(c1)oc1ccccc12)Nc1ccc2c(c1)oc1c(I)cc(I)cc12. The monoisotopic (exact) mass is 712 g/mol. The van der Waals surface area contributed by atoms with E-state index in [4.69, 9.17) is 8.83 Å². The summed E-state index contributed by atoms with van der Waals surface area (Å²) in [7, 11) is 0. The maximum atomic E-state index is 12.5. The van der Waals surface area contributed by atoms with Gasteiger partial charge >= 0.3 is 0 Å². The molecule has 0 saturated carbocycles. The predicted octanol–water partition coefficient (Wildman–Crippen LogP) is 9.43. The molecule has 2 aromatic heterocycles. The lowest BCUT2D eigenvalue weighted by atomic mass is 10.1. The number of rotatable bonds is 7. The van der Waals surface area contributed by atoms with Crippen molar-refractivity contribution in [1.29, 1.82) is 0 Å². The average Bonchev–Trinajstić information content (AvgIpc) is 3.41. The third-order valence-corrected chi connectivity index (χ3v) is 7.78. The lowest BCUT2D eigenvalue weighted by Gasteiger charge is -2.10. The van der Waals surface area contributed by atoms with Crippen molar-refractivity contribution in [2.24, 2.45) is 0 Å². The molecule has 2 heterocycles. The van der Waals surface area contributed by atoms with Gasteiger partial charge in [0.25, 0.3) is 0 Å². The Bertz CT molecular complexity index is 1830. The molecular weight excluding hydrogens is 690 g/mol. The first-order chi connectivity index (χ1) is 17.9. The Hall–Kier alpha value is -3.05. The van der Waals surface area contributed by atoms with Crippen molar-refractivity contribution >= 4 is 106 Å². The number of para-hydroxylation sites is 1. The molecule has 0 aliphatic rings. The van der Waals surface area contributed by atoms with Gasteiger partial charge in [0.1, 0.15) is 22.3 Å². The largest absolute Gasteiger partial charge is 0.456 e. The highest BCUT2D eigenvalue weighted by Crippen LogP contribution is 2.35. The van der Waals surface area contributed by atoms with Crippen LogP contribution in [0.3, 0.4) is 0 Å². The van der Waals surface area contributed by atoms with Crippen molar-refractivity contribution in [3.63, 3.8) is 0 Å². The molecule has 4 aromatic carbocycles. The molecule has 0 bridgehead atoms. The first-order valence-electron chi connectivity index (χ1n) is 11.9. The van der Waals surface area contributed by atoms with Gasteiger partial charge in [0.15, 0.2) is 0 Å². The van der Waals surface area contributed by atoms with Gasteiger partial charge in [-0.1, -0.05) is 24.8 Å². The molecule has 6 aromatic rings. The molecule has 0 spiro atoms. The van der Waals surface area contributed by atoms with Crippen molar-refractivity contribution in [2.75, 3.05) is 10.6 Å². The third-order valence-electron chi connectivity index (χ3n) is 6.36. The molecule has 0 unspecified atom stereocenters. The summed E-state index contributed by atoms with van der Waals surface area (Å²) >= 11 is 4.65. The van der Waals surface area contributed by atoms with Crippen LogP contribution in [0.5, 0.6) is 0 Å². The van der Waals surface area contributed by atoms with Crippen LogP contribution in [0.25, 0.3) is 43.9 Å². The fourth-order valence-corrected chi connectivity index (χ4v) is 6.59. The van der Waals surface area contributed by atoms with Gasteiger partial charge in [0, 0.05) is 60.7 Å². The van der Waals surface area contributed by atoms with Gasteiger partial charge < -0.3 is 19.5 Å². The summed E-state index contributed by atoms with van der Waals surface area (Å²) in [4.78, 5) is 12.5. The number of allylic oxidation sites excluding steroid dienone is 1. The lowest BCUT2D eigenvalue weighted by Crippen LogP contribution is -2.11. The number of furan rings is 2. The van der Waals surface area contributed by atoms with Crippen LogP contribution in [0.2, 0.25) is 0 Å². The number of carbonyl (C=O) groups is 1. The Kier molecular flexibility index (Phi) is 6.58. The highest BCUT2D eigenvalue weighted by molar-refractivity contribution is 14.1. The Morgan fingerprint density at radius 1 is 0.730 bits per heavy atom. The molecule has 0 aliphatic heterocycles. The molecule has 0 fully saturated rings. The van der Waals surface area contributed by atoms with Gasteiger partial charge in [-0.3, -0.25) is 4.79 Å². The van der Waals surface area contributed by atoms with Gasteiger partial charge in [-0.15, -0.1) is 0 Å². The standard InChI is InChI=1S/C30H22I2N2O3/c1-17(33-19-9-12-23-24-13-18(31)14-25(32)30(24)37-28(23)15-19)5-4-8-29(35)34-20-10-11-22-21-6-2-3-7-26(21)36-27(22)16-20/h2-3,6-7,9-16,33H,1,4-5,8H2,(H,34,35). The smallest absolute Gasteiger partial charge is 0.224 e. The summed E-state index contributed by atoms with van der Waals surface area (Å²) in [6.45, 7) is 4.15. The summed E-state index contributed by atoms with van der Waals surface area (Å²) in [6, 6.07) is 24.1. The van der Waals surface area contributed by atoms with E-state index in [1.54, 1.807) is 0 Å². The molecule has 5 nitrogen and oxygen atoms in total. The Labute approximate surface area is 240 Å². The summed E-state index contributed by atoms with van der Waals surface area (Å²) in [5.74, 6) is -0.0313. The highest BCUT2D eigenvalue weighted by Gasteiger charge is 2.12. The van der Waals surface area contributed by atoms with Crippen molar-refractivity contribution in [3.05, 3.63) is 92.2 Å². The molecule has 0 radical (unpaired) electrons. The minimum absolute atomic E-state index is 0.0313. The number of benzene rings is 4. The first-order valence-corrected chi connectivity index (χ1v) is 14.1. The summed E-state index contributed by atoms with van der Waals surface area (Å²) in [5, 5.41) is 10.7. The molecule has 37 heavy (non-hydrogen) atoms. The second kappa shape index (κ2) is 10.0. The maximum Gasteiger partial charge on any atom is 0.224 e. The van der Waals surface area contributed by atoms with Crippen LogP contribution >= 0.6 is 45.2 Å². The van der Waals surface area contributed by atoms with Gasteiger partial charge in [0.05, 0.1) is 3.57 Å². The number of hydrogen-bond donors (Lipinski definition) is 2. The van der Waals surface area contributed by atoms with Crippen LogP contribution in [0.1, 0.15) is 19.3 Å². The fourth-order valence-electron chi connectivity index (χ4n) is 4.64. The van der Waals surface area contributed by atoms with E-state index < -0.39 is 0 Å². The number of carbonyl (C=O) groups excluding carboxylic acids is 1. The van der Waals surface area contributed by atoms with Crippen molar-refractivity contribution in [1.82, 2.24) is 0 Å². The zero-order valence-corrected chi connectivity index (χ0v) is 24.1. The van der Waals surface area contributed by atoms with Gasteiger partial charge in [0.2, 0.25) is 5.91 Å². The maximum absolute atomic E-state index is 12.5. The van der Waals surface area contributed by atoms with E-state index >= 15 is 0 Å². The molecular formula is C30H22I2N2O3. The fraction of sp³-hybridized carbons (Fsp3) is 0.100. The van der Waals surface area contributed by atoms with E-state index in [0.29, 0.717) is 19.3 Å². The summed E-state index contributed by atoms with van der Waals surface area (Å²) in [6.07, 6.45) is 1.77. The molecule has 1 amide bonds. The van der Waals surface area contributed by atoms with Gasteiger partial charge in [-0.05, 0) is 100 Å². The summed E-state index contributed by atoms with van der Waals surface area (Å²) in [5.41, 5.74) is 5.88. The number of anilines is 2. The van der Waals surface area contributed by atoms with Crippen molar-refractivity contribution in [3.8, 4) is 0 Å². The molecule has 7 heteroatoms. The normalized spacial score (nSPS) is 11.5. The van der Waals surface area contributed by atoms with Crippen LogP contribution < -0.4 is 10.6 Å². The van der Waals surface area contributed by atoms with E-state index in [1.807, 2.05) is 54.6 Å². The van der Waals surface area contributed by atoms with Crippen LogP contribution in [-0.4, -0.2) is 5.91 Å². The molecule has 184 valence electrons. The minimum Gasteiger partial charge on any atom is -0.456 e. The zero-order chi connectivity index (χ0) is 25.5. The third kappa shape index (κ3) is 4.94. The number of amides is 1. The zero-order valence-electron chi connectivity index (χ0n) is 19.7. The Morgan fingerprint density at radius 2 is 1.41 bits per heavy atom. The minimum atomic E-state index is -0.0313. The summed E-state index contributed by atoms with van der Waals surface area (Å²) < 4.78 is 14.3. The van der Waals surface area contributed by atoms with Crippen LogP contribution in [0.4, 0.5) is 11.4 Å². The van der Waals surface area contributed by atoms with E-state index in [1.165, 1.54) is 3.57 Å². The topological polar surface area (TPSA) is 67.4 Å². The van der Waals surface area contributed by atoms with Gasteiger partial charge in [-0.2, -0.15) is 0 Å². The molecule has 0 atom stereocenters. The second-order valence-corrected chi connectivity index (χ2v) is 11.4. The first kappa shape index (κ1) is 24.3. The second-order valence-electron chi connectivity index (χ2n) is 9.02. The molecule has 2 N–H and O–H groups in total. The van der Waals surface area contributed by atoms with E-state index in [2.05, 4.69) is 80.6 Å². The highest BCUT2D eigenvalue weighted by atomic mass is 127. The number of fused-ring (bicyclic) bond motifs is 6. The van der Waals surface area contributed by atoms with E-state index in [9.17, 15) is 4.79 Å². The van der Waals surface area contributed by atoms with Crippen LogP contribution in [0.15, 0.2) is 93.9 Å². The lowest BCUT2D eigenvalue weighted by molar-refractivity contribution is -0.116. The predicted molar refractivity (Wildman–Crippen MR) is 168 cm³/mol. The Balaban J connectivity index is 1.05. The molecule has 0 aliphatic carbocycles. The van der Waals surface area contributed by atoms with Crippen molar-refractivity contribution in [2.45, 2.75) is 19.3 Å². The van der Waals surface area contributed by atoms with Crippen molar-refractivity contribution < 1.29 is 13.6 Å². The van der Waals surface area contributed by atoms with E-state index in [0.717, 1.165) is 64.5 Å². The van der Waals surface area contributed by atoms with Crippen LogP contribution in [-0.2, 0) is 4.79 Å². The van der Waals surface area contributed by atoms with E-state index in [-0.39, 0.29) is 5.91 Å². The number of nitrogens with one attached hydrogen (secondary N) is 2. The number of hydrogen-bond acceptors (Lipinski definition) is 4. The molecule has 6 rings (SSSR count). The van der Waals surface area contributed by atoms with Gasteiger partial charge in [-0.25, -0.2) is 0 Å². The molecule has 0 saturated heterocycles. The van der Waals surface area contributed by atoms with Crippen LogP contribution in [0, 0.1) is 7.14 Å². The number of halogens is 2. The quantitative estimate of drug-likeness (QED) is 0.162.